The van der Waals surface area contributed by atoms with Crippen molar-refractivity contribution in [2.24, 2.45) is 5.92 Å². The highest BCUT2D eigenvalue weighted by Gasteiger charge is 2.30. The van der Waals surface area contributed by atoms with Gasteiger partial charge < -0.3 is 4.18 Å². The molecule has 1 aromatic carbocycles. The molecular weight excluding hydrogens is 396 g/mol. The topological polar surface area (TPSA) is 36.3 Å². The number of nitriles is 1. The molecule has 0 bridgehead atoms. The number of thiol groups is 1. The van der Waals surface area contributed by atoms with Crippen molar-refractivity contribution in [3.63, 3.8) is 0 Å². The van der Waals surface area contributed by atoms with Gasteiger partial charge in [0, 0.05) is 17.3 Å². The molecule has 0 heterocycles. The normalized spacial score (nSPS) is 16.3. The van der Waals surface area contributed by atoms with Crippen LogP contribution in [0.5, 0.6) is 0 Å². The lowest BCUT2D eigenvalue weighted by Gasteiger charge is -2.44. The molecule has 0 saturated heterocycles. The van der Waals surface area contributed by atoms with Gasteiger partial charge in [-0.05, 0) is 48.5 Å². The van der Waals surface area contributed by atoms with Gasteiger partial charge in [-0.15, -0.1) is 10.3 Å². The molecule has 0 aromatic heterocycles. The van der Waals surface area contributed by atoms with Gasteiger partial charge in [0.1, 0.15) is 0 Å². The van der Waals surface area contributed by atoms with Crippen LogP contribution < -0.4 is 0 Å². The number of hydrogen-bond acceptors (Lipinski definition) is 4. The highest BCUT2D eigenvalue weighted by atomic mass is 32.3. The monoisotopic (exact) mass is 440 g/mol. The summed E-state index contributed by atoms with van der Waals surface area (Å²) in [6.07, 6.45) is 6.42. The second kappa shape index (κ2) is 12.9. The van der Waals surface area contributed by atoms with E-state index >= 15 is 0 Å². The van der Waals surface area contributed by atoms with Crippen LogP contribution in [0.4, 0.5) is 0 Å². The van der Waals surface area contributed by atoms with Crippen molar-refractivity contribution in [3.05, 3.63) is 34.9 Å². The summed E-state index contributed by atoms with van der Waals surface area (Å²) < 4.78 is 8.45. The minimum atomic E-state index is -1.09. The third-order valence-corrected chi connectivity index (χ3v) is 9.08. The Morgan fingerprint density at radius 1 is 1.24 bits per heavy atom. The lowest BCUT2D eigenvalue weighted by atomic mass is 10.0. The van der Waals surface area contributed by atoms with E-state index in [0.29, 0.717) is 6.61 Å². The maximum absolute atomic E-state index is 9.23. The van der Waals surface area contributed by atoms with Gasteiger partial charge in [-0.3, -0.25) is 0 Å². The molecule has 0 aliphatic heterocycles. The van der Waals surface area contributed by atoms with Gasteiger partial charge in [-0.2, -0.15) is 5.26 Å². The van der Waals surface area contributed by atoms with Crippen LogP contribution >= 0.6 is 23.1 Å². The van der Waals surface area contributed by atoms with Gasteiger partial charge in [0.05, 0.1) is 18.2 Å². The predicted molar refractivity (Wildman–Crippen MR) is 135 cm³/mol. The average molecular weight is 441 g/mol. The van der Waals surface area contributed by atoms with Crippen molar-refractivity contribution in [3.8, 4) is 6.07 Å². The molecule has 5 heteroatoms. The lowest BCUT2D eigenvalue weighted by molar-refractivity contribution is 0.272. The smallest absolute Gasteiger partial charge is 0.0994 e. The van der Waals surface area contributed by atoms with Crippen LogP contribution in [0.15, 0.2) is 18.2 Å². The first-order chi connectivity index (χ1) is 13.4. The predicted octanol–water partition coefficient (Wildman–Crippen LogP) is 7.18. The first-order valence-electron chi connectivity index (χ1n) is 10.8. The third-order valence-electron chi connectivity index (χ3n) is 4.89. The Morgan fingerprint density at radius 2 is 1.79 bits per heavy atom. The molecule has 0 saturated carbocycles. The number of benzene rings is 1. The maximum Gasteiger partial charge on any atom is 0.0994 e. The van der Waals surface area contributed by atoms with Crippen molar-refractivity contribution >= 4 is 23.1 Å². The largest absolute Gasteiger partial charge is 0.335 e. The van der Waals surface area contributed by atoms with Crippen molar-refractivity contribution in [1.29, 1.82) is 5.26 Å². The van der Waals surface area contributed by atoms with Crippen LogP contribution in [-0.4, -0.2) is 34.7 Å². The Bertz CT molecular complexity index is 643. The second-order valence-corrected chi connectivity index (χ2v) is 13.5. The quantitative estimate of drug-likeness (QED) is 0.493. The van der Waals surface area contributed by atoms with Gasteiger partial charge in [0.2, 0.25) is 0 Å². The molecule has 2 rings (SSSR count). The van der Waals surface area contributed by atoms with E-state index in [2.05, 4.69) is 70.5 Å². The SMILES string of the molecule is CC.CC(C)(C)S(C)(C)OCCN(S)C1CCc2c(C#N)cccc21.CC(C)C. The van der Waals surface area contributed by atoms with E-state index in [-0.39, 0.29) is 10.8 Å². The van der Waals surface area contributed by atoms with Crippen LogP contribution in [-0.2, 0) is 10.6 Å². The molecule has 1 aliphatic carbocycles. The summed E-state index contributed by atoms with van der Waals surface area (Å²) >= 11 is 4.70. The van der Waals surface area contributed by atoms with Crippen LogP contribution in [0.1, 0.15) is 84.5 Å². The first kappa shape index (κ1) is 28.3. The van der Waals surface area contributed by atoms with Crippen LogP contribution in [0, 0.1) is 17.2 Å². The van der Waals surface area contributed by atoms with Gasteiger partial charge in [0.15, 0.2) is 0 Å². The Morgan fingerprint density at radius 3 is 2.28 bits per heavy atom. The standard InChI is InChI=1S/C18H28N2OS2.C4H10.C2H6/c1-18(2,3)23(4,5)21-12-11-20(22)17-10-9-15-14(13-19)7-6-8-16(15)17;1-4(2)3;1-2/h6-8,17,22H,9-12H2,1-5H3;4H,1-3H3;1-2H3. The Kier molecular flexibility index (Phi) is 12.6. The van der Waals surface area contributed by atoms with E-state index in [9.17, 15) is 5.26 Å². The van der Waals surface area contributed by atoms with Crippen molar-refractivity contribution in [2.45, 2.75) is 79.0 Å². The van der Waals surface area contributed by atoms with Gasteiger partial charge in [-0.1, -0.05) is 80.3 Å². The molecule has 0 N–H and O–H groups in total. The molecular formula is C24H44N2OS2. The Balaban J connectivity index is 0.00000116. The Hall–Kier alpha value is -0.670. The van der Waals surface area contributed by atoms with Crippen LogP contribution in [0.25, 0.3) is 0 Å². The van der Waals surface area contributed by atoms with E-state index in [1.54, 1.807) is 0 Å². The van der Waals surface area contributed by atoms with E-state index in [1.807, 2.05) is 26.0 Å². The number of fused-ring (bicyclic) bond motifs is 1. The van der Waals surface area contributed by atoms with E-state index < -0.39 is 10.3 Å². The zero-order valence-electron chi connectivity index (χ0n) is 20.4. The first-order valence-corrected chi connectivity index (χ1v) is 13.5. The summed E-state index contributed by atoms with van der Waals surface area (Å²) in [5, 5.41) is 9.23. The highest BCUT2D eigenvalue weighted by molar-refractivity contribution is 8.29. The number of hydrogen-bond donors (Lipinski definition) is 1. The summed E-state index contributed by atoms with van der Waals surface area (Å²) in [7, 11) is -1.09. The molecule has 168 valence electrons. The molecule has 0 radical (unpaired) electrons. The molecule has 0 spiro atoms. The fraction of sp³-hybridized carbons (Fsp3) is 0.708. The van der Waals surface area contributed by atoms with E-state index in [1.165, 1.54) is 11.1 Å². The summed E-state index contributed by atoms with van der Waals surface area (Å²) in [6.45, 7) is 18.7. The zero-order valence-corrected chi connectivity index (χ0v) is 22.1. The van der Waals surface area contributed by atoms with Gasteiger partial charge in [0.25, 0.3) is 0 Å². The molecule has 1 aromatic rings. The summed E-state index contributed by atoms with van der Waals surface area (Å²) in [4.78, 5) is 0. The molecule has 3 nitrogen and oxygen atoms in total. The average Bonchev–Trinajstić information content (AvgIpc) is 3.06. The second-order valence-electron chi connectivity index (χ2n) is 9.10. The van der Waals surface area contributed by atoms with Gasteiger partial charge >= 0.3 is 0 Å². The van der Waals surface area contributed by atoms with Crippen LogP contribution in [0.3, 0.4) is 0 Å². The minimum absolute atomic E-state index is 0.177. The van der Waals surface area contributed by atoms with Crippen LogP contribution in [0.2, 0.25) is 0 Å². The molecule has 0 fully saturated rings. The van der Waals surface area contributed by atoms with E-state index in [4.69, 9.17) is 17.0 Å². The molecule has 29 heavy (non-hydrogen) atoms. The van der Waals surface area contributed by atoms with E-state index in [0.717, 1.165) is 30.9 Å². The summed E-state index contributed by atoms with van der Waals surface area (Å²) in [5.74, 6) is 0.833. The van der Waals surface area contributed by atoms with Crippen molar-refractivity contribution in [1.82, 2.24) is 4.31 Å². The molecule has 1 unspecified atom stereocenters. The fourth-order valence-electron chi connectivity index (χ4n) is 2.72. The maximum atomic E-state index is 9.23. The minimum Gasteiger partial charge on any atom is -0.335 e. The van der Waals surface area contributed by atoms with Crippen molar-refractivity contribution < 1.29 is 4.18 Å². The molecule has 1 aliphatic rings. The molecule has 0 amide bonds. The van der Waals surface area contributed by atoms with Gasteiger partial charge in [-0.25, -0.2) is 4.31 Å². The number of nitrogens with zero attached hydrogens (tertiary/aromatic N) is 2. The van der Waals surface area contributed by atoms with Crippen molar-refractivity contribution in [2.75, 3.05) is 25.7 Å². The highest BCUT2D eigenvalue weighted by Crippen LogP contribution is 2.53. The fourth-order valence-corrected chi connectivity index (χ4v) is 3.88. The third kappa shape index (κ3) is 8.92. The summed E-state index contributed by atoms with van der Waals surface area (Å²) in [6, 6.07) is 8.58. The zero-order chi connectivity index (χ0) is 22.8. The Labute approximate surface area is 188 Å². The molecule has 1 atom stereocenters. The lowest BCUT2D eigenvalue weighted by Crippen LogP contribution is -2.28. The number of rotatable bonds is 5. The summed E-state index contributed by atoms with van der Waals surface area (Å²) in [5.41, 5.74) is 3.25.